The number of alkyl halides is 1. The molecule has 1 aromatic rings. The molecule has 4 atom stereocenters. The molecule has 0 saturated carbocycles. The highest BCUT2D eigenvalue weighted by molar-refractivity contribution is 6.32. The summed E-state index contributed by atoms with van der Waals surface area (Å²) in [6, 6.07) is 0. The summed E-state index contributed by atoms with van der Waals surface area (Å²) in [4.78, 5) is 25.9. The number of nitrogens with zero attached hydrogens (tertiary/aromatic N) is 2. The molecule has 0 bridgehead atoms. The number of ether oxygens (including phenoxy) is 1. The molecule has 1 aliphatic heterocycles. The summed E-state index contributed by atoms with van der Waals surface area (Å²) in [6.07, 6.45) is -4.41. The summed E-state index contributed by atoms with van der Waals surface area (Å²) in [5.41, 5.74) is -1.89. The van der Waals surface area contributed by atoms with E-state index in [4.69, 9.17) is 30.7 Å². The van der Waals surface area contributed by atoms with Crippen LogP contribution in [0.2, 0.25) is 0 Å². The van der Waals surface area contributed by atoms with Gasteiger partial charge in [0.25, 0.3) is 0 Å². The highest BCUT2D eigenvalue weighted by Crippen LogP contribution is 2.42. The van der Waals surface area contributed by atoms with Gasteiger partial charge in [0.2, 0.25) is 0 Å². The standard InChI is InChI=1S/C10H9Cl2N3O5/c11-2-1-10(12)6(17)5(3-16)20-7(10)15-4-13-8(18)14-9(15)19/h4-7,16-17H,3H2,(H,14,18,19)/t5-,6+,7-,10?/m1/s1/i3D2. The topological polar surface area (TPSA) is 117 Å². The van der Waals surface area contributed by atoms with Crippen molar-refractivity contribution < 1.29 is 17.7 Å². The quantitative estimate of drug-likeness (QED) is 0.444. The molecule has 10 heteroatoms. The normalized spacial score (nSPS) is 34.9. The van der Waals surface area contributed by atoms with Gasteiger partial charge in [0, 0.05) is 5.38 Å². The Kier molecular flexibility index (Phi) is 3.44. The van der Waals surface area contributed by atoms with Gasteiger partial charge >= 0.3 is 11.4 Å². The summed E-state index contributed by atoms with van der Waals surface area (Å²) in [5, 5.41) is 21.5. The van der Waals surface area contributed by atoms with Crippen molar-refractivity contribution in [1.82, 2.24) is 14.5 Å². The second-order valence-corrected chi connectivity index (χ2v) is 4.67. The molecule has 1 aromatic heterocycles. The third kappa shape index (κ3) is 2.34. The van der Waals surface area contributed by atoms with E-state index in [9.17, 15) is 19.8 Å². The number of halogens is 2. The summed E-state index contributed by atoms with van der Waals surface area (Å²) in [6.45, 7) is -2.97. The van der Waals surface area contributed by atoms with Crippen LogP contribution in [0.1, 0.15) is 8.97 Å². The number of hydrogen-bond donors (Lipinski definition) is 3. The van der Waals surface area contributed by atoms with Crippen molar-refractivity contribution in [3.63, 3.8) is 0 Å². The van der Waals surface area contributed by atoms with E-state index >= 15 is 0 Å². The highest BCUT2D eigenvalue weighted by atomic mass is 35.5. The summed E-state index contributed by atoms with van der Waals surface area (Å²) in [7, 11) is 0. The monoisotopic (exact) mass is 323 g/mol. The Morgan fingerprint density at radius 2 is 2.40 bits per heavy atom. The Hall–Kier alpha value is -1.37. The Bertz CT molecular complexity index is 752. The maximum atomic E-state index is 11.8. The van der Waals surface area contributed by atoms with Gasteiger partial charge in [-0.05, 0) is 11.6 Å². The van der Waals surface area contributed by atoms with E-state index in [1.807, 2.05) is 10.4 Å². The largest absolute Gasteiger partial charge is 0.394 e. The van der Waals surface area contributed by atoms with Gasteiger partial charge in [-0.3, -0.25) is 9.55 Å². The molecule has 3 N–H and O–H groups in total. The molecular formula is C10H9Cl2N3O5. The molecule has 1 saturated heterocycles. The van der Waals surface area contributed by atoms with Gasteiger partial charge in [0.05, 0.1) is 9.30 Å². The van der Waals surface area contributed by atoms with E-state index < -0.39 is 41.2 Å². The third-order valence-corrected chi connectivity index (χ3v) is 3.32. The predicted molar refractivity (Wildman–Crippen MR) is 68.3 cm³/mol. The molecule has 1 fully saturated rings. The second-order valence-electron chi connectivity index (χ2n) is 3.86. The van der Waals surface area contributed by atoms with E-state index in [0.717, 1.165) is 6.33 Å². The number of aromatic nitrogens is 3. The lowest BCUT2D eigenvalue weighted by Crippen LogP contribution is -2.44. The van der Waals surface area contributed by atoms with Gasteiger partial charge in [-0.2, -0.15) is 4.98 Å². The lowest BCUT2D eigenvalue weighted by atomic mass is 10.00. The summed E-state index contributed by atoms with van der Waals surface area (Å²) >= 11 is 11.4. The fourth-order valence-corrected chi connectivity index (χ4v) is 2.30. The molecule has 0 amide bonds. The number of aliphatic hydroxyl groups excluding tert-OH is 1. The van der Waals surface area contributed by atoms with Crippen LogP contribution in [0, 0.1) is 11.3 Å². The first kappa shape index (κ1) is 12.4. The first-order valence-electron chi connectivity index (χ1n) is 6.16. The van der Waals surface area contributed by atoms with Crippen molar-refractivity contribution in [1.29, 1.82) is 0 Å². The Labute approximate surface area is 124 Å². The van der Waals surface area contributed by atoms with Crippen molar-refractivity contribution in [2.24, 2.45) is 0 Å². The van der Waals surface area contributed by atoms with Gasteiger partial charge in [0.15, 0.2) is 11.1 Å². The number of hydrogen-bond acceptors (Lipinski definition) is 6. The minimum atomic E-state index is -2.97. The molecule has 0 aromatic carbocycles. The maximum absolute atomic E-state index is 11.8. The number of rotatable bonds is 2. The summed E-state index contributed by atoms with van der Waals surface area (Å²) < 4.78 is 20.3. The zero-order chi connectivity index (χ0) is 16.7. The van der Waals surface area contributed by atoms with Crippen LogP contribution in [0.5, 0.6) is 0 Å². The molecule has 1 aliphatic rings. The number of H-pyrrole nitrogens is 1. The zero-order valence-electron chi connectivity index (χ0n) is 11.6. The van der Waals surface area contributed by atoms with Crippen LogP contribution < -0.4 is 11.4 Å². The van der Waals surface area contributed by atoms with Gasteiger partial charge in [-0.15, -0.1) is 0 Å². The molecule has 20 heavy (non-hydrogen) atoms. The SMILES string of the molecule is [2H]C([2H])(O)[C@H]1O[C@@H](n2cnc(=O)[nH]c2=O)C(Cl)(C#CCl)[C@H]1O. The van der Waals surface area contributed by atoms with Crippen molar-refractivity contribution in [3.05, 3.63) is 27.3 Å². The zero-order valence-corrected chi connectivity index (χ0v) is 11.1. The van der Waals surface area contributed by atoms with Crippen LogP contribution in [0.15, 0.2) is 15.9 Å². The van der Waals surface area contributed by atoms with Crippen molar-refractivity contribution in [2.45, 2.75) is 23.3 Å². The van der Waals surface area contributed by atoms with Gasteiger partial charge in [-0.25, -0.2) is 9.59 Å². The van der Waals surface area contributed by atoms with Crippen LogP contribution >= 0.6 is 23.2 Å². The van der Waals surface area contributed by atoms with Gasteiger partial charge < -0.3 is 14.9 Å². The van der Waals surface area contributed by atoms with E-state index in [1.54, 1.807) is 0 Å². The summed E-state index contributed by atoms with van der Waals surface area (Å²) in [5.74, 6) is 2.21. The number of aromatic amines is 1. The van der Waals surface area contributed by atoms with Gasteiger partial charge in [0.1, 0.15) is 18.5 Å². The molecule has 8 nitrogen and oxygen atoms in total. The molecule has 108 valence electrons. The predicted octanol–water partition coefficient (Wildman–Crippen LogP) is -1.64. The smallest absolute Gasteiger partial charge is 0.350 e. The second kappa shape index (κ2) is 5.55. The minimum Gasteiger partial charge on any atom is -0.394 e. The fourth-order valence-electron chi connectivity index (χ4n) is 1.78. The average Bonchev–Trinajstić information content (AvgIpc) is 2.63. The number of aliphatic hydroxyl groups is 2. The fraction of sp³-hybridized carbons (Fsp3) is 0.500. The molecular weight excluding hydrogens is 313 g/mol. The molecule has 0 aliphatic carbocycles. The van der Waals surface area contributed by atoms with E-state index in [0.29, 0.717) is 4.57 Å². The van der Waals surface area contributed by atoms with Crippen LogP contribution in [0.4, 0.5) is 0 Å². The van der Waals surface area contributed by atoms with Crippen LogP contribution in [0.3, 0.4) is 0 Å². The Morgan fingerprint density at radius 3 is 2.95 bits per heavy atom. The third-order valence-electron chi connectivity index (χ3n) is 2.72. The van der Waals surface area contributed by atoms with Crippen LogP contribution in [-0.4, -0.2) is 48.4 Å². The molecule has 2 heterocycles. The Morgan fingerprint density at radius 1 is 1.70 bits per heavy atom. The lowest BCUT2D eigenvalue weighted by Gasteiger charge is -2.24. The van der Waals surface area contributed by atoms with E-state index in [-0.39, 0.29) is 0 Å². The van der Waals surface area contributed by atoms with Crippen molar-refractivity contribution >= 4 is 23.2 Å². The van der Waals surface area contributed by atoms with Gasteiger partial charge in [-0.1, -0.05) is 17.5 Å². The first-order valence-corrected chi connectivity index (χ1v) is 5.92. The molecule has 1 unspecified atom stereocenters. The van der Waals surface area contributed by atoms with Crippen LogP contribution in [0.25, 0.3) is 0 Å². The van der Waals surface area contributed by atoms with Crippen molar-refractivity contribution in [2.75, 3.05) is 6.56 Å². The maximum Gasteiger partial charge on any atom is 0.350 e. The first-order chi connectivity index (χ1) is 10.1. The van der Waals surface area contributed by atoms with E-state index in [1.165, 1.54) is 0 Å². The highest BCUT2D eigenvalue weighted by Gasteiger charge is 2.56. The van der Waals surface area contributed by atoms with Crippen molar-refractivity contribution in [3.8, 4) is 11.3 Å². The number of nitrogens with one attached hydrogen (secondary N) is 1. The molecule has 0 radical (unpaired) electrons. The Balaban J connectivity index is 2.59. The van der Waals surface area contributed by atoms with Crippen LogP contribution in [-0.2, 0) is 4.74 Å². The average molecular weight is 324 g/mol. The minimum absolute atomic E-state index is 0.699. The van der Waals surface area contributed by atoms with E-state index in [2.05, 4.69) is 10.9 Å². The lowest BCUT2D eigenvalue weighted by molar-refractivity contribution is -0.0468. The molecule has 2 rings (SSSR count). The molecule has 0 spiro atoms.